The maximum atomic E-state index is 12.2. The number of carbonyl (C=O) groups excluding carboxylic acids is 1. The van der Waals surface area contributed by atoms with Gasteiger partial charge in [-0.3, -0.25) is 4.79 Å². The number of ketones is 1. The van der Waals surface area contributed by atoms with Crippen LogP contribution in [0.25, 0.3) is 0 Å². The van der Waals surface area contributed by atoms with Gasteiger partial charge >= 0.3 is 0 Å². The third kappa shape index (κ3) is 7.52. The normalized spacial score (nSPS) is 12.7. The van der Waals surface area contributed by atoms with E-state index in [-0.39, 0.29) is 11.7 Å². The molecule has 0 spiro atoms. The van der Waals surface area contributed by atoms with Gasteiger partial charge in [0.2, 0.25) is 9.12 Å². The maximum absolute atomic E-state index is 12.2. The largest absolute Gasteiger partial charge is 0.332 e. The fourth-order valence-corrected chi connectivity index (χ4v) is 2.44. The minimum Gasteiger partial charge on any atom is -0.332 e. The number of rotatable bonds is 10. The van der Waals surface area contributed by atoms with Crippen LogP contribution in [0.1, 0.15) is 31.7 Å². The van der Waals surface area contributed by atoms with Crippen molar-refractivity contribution < 1.29 is 13.5 Å². The lowest BCUT2D eigenvalue weighted by atomic mass is 9.93. The number of aryl methyl sites for hydroxylation is 1. The van der Waals surface area contributed by atoms with Crippen LogP contribution in [0.2, 0.25) is 0 Å². The van der Waals surface area contributed by atoms with Gasteiger partial charge in [-0.2, -0.15) is 4.20 Å². The molecule has 20 heavy (non-hydrogen) atoms. The van der Waals surface area contributed by atoms with Crippen LogP contribution in [0.3, 0.4) is 0 Å². The van der Waals surface area contributed by atoms with Gasteiger partial charge in [-0.05, 0) is 31.2 Å². The molecule has 1 aromatic carbocycles. The van der Waals surface area contributed by atoms with Gasteiger partial charge in [0, 0.05) is 12.8 Å². The first kappa shape index (κ1) is 17.0. The highest BCUT2D eigenvalue weighted by Gasteiger charge is 2.14. The zero-order chi connectivity index (χ0) is 14.8. The van der Waals surface area contributed by atoms with Crippen molar-refractivity contribution in [3.05, 3.63) is 48.0 Å². The lowest BCUT2D eigenvalue weighted by Crippen LogP contribution is -2.14. The molecule has 0 aliphatic rings. The molecule has 0 aromatic heterocycles. The first-order valence-electron chi connectivity index (χ1n) is 6.79. The number of allylic oxidation sites excluding steroid dienone is 1. The number of benzene rings is 1. The van der Waals surface area contributed by atoms with E-state index in [1.807, 2.05) is 25.1 Å². The summed E-state index contributed by atoms with van der Waals surface area (Å²) in [4.78, 5) is 11.8. The molecule has 2 nitrogen and oxygen atoms in total. The summed E-state index contributed by atoms with van der Waals surface area (Å²) in [6.45, 7) is 5.90. The third-order valence-electron chi connectivity index (χ3n) is 3.07. The van der Waals surface area contributed by atoms with Crippen molar-refractivity contribution in [1.29, 1.82) is 0 Å². The zero-order valence-corrected chi connectivity index (χ0v) is 12.9. The predicted octanol–water partition coefficient (Wildman–Crippen LogP) is 4.66. The van der Waals surface area contributed by atoms with Crippen molar-refractivity contribution in [2.24, 2.45) is 5.92 Å². The Labute approximate surface area is 122 Å². The Morgan fingerprint density at radius 2 is 2.10 bits per heavy atom. The van der Waals surface area contributed by atoms with E-state index in [4.69, 9.17) is 4.52 Å². The van der Waals surface area contributed by atoms with Gasteiger partial charge in [0.25, 0.3) is 0 Å². The highest BCUT2D eigenvalue weighted by molar-refractivity contribution is 7.25. The summed E-state index contributed by atoms with van der Waals surface area (Å²) in [6.07, 6.45) is 2.55. The molecule has 0 aliphatic heterocycles. The highest BCUT2D eigenvalue weighted by Crippen LogP contribution is 2.21. The molecule has 0 heterocycles. The molecule has 0 fully saturated rings. The summed E-state index contributed by atoms with van der Waals surface area (Å²) in [5.74, 6) is 0.228. The molecule has 0 aliphatic carbocycles. The molecule has 0 radical (unpaired) electrons. The Balaban J connectivity index is 2.46. The number of hydrogen-bond acceptors (Lipinski definition) is 2. The van der Waals surface area contributed by atoms with Crippen molar-refractivity contribution >= 4 is 14.9 Å². The lowest BCUT2D eigenvalue weighted by Gasteiger charge is -2.15. The van der Waals surface area contributed by atoms with Gasteiger partial charge < -0.3 is 4.52 Å². The van der Waals surface area contributed by atoms with Crippen molar-refractivity contribution in [3.8, 4) is 0 Å². The van der Waals surface area contributed by atoms with Crippen LogP contribution in [0, 0.1) is 5.92 Å². The van der Waals surface area contributed by atoms with Crippen LogP contribution < -0.4 is 0 Å². The van der Waals surface area contributed by atoms with E-state index < -0.39 is 9.12 Å². The molecule has 0 bridgehead atoms. The van der Waals surface area contributed by atoms with Gasteiger partial charge in [-0.1, -0.05) is 42.5 Å². The summed E-state index contributed by atoms with van der Waals surface area (Å²) in [7, 11) is -1.01. The van der Waals surface area contributed by atoms with Crippen molar-refractivity contribution in [2.75, 3.05) is 6.61 Å². The quantitative estimate of drug-likeness (QED) is 0.464. The molecular formula is C16H22FO2P. The first-order chi connectivity index (χ1) is 9.61. The average molecular weight is 296 g/mol. The molecular weight excluding hydrogens is 274 g/mol. The fraction of sp³-hybridized carbons (Fsp3) is 0.438. The van der Waals surface area contributed by atoms with E-state index >= 15 is 0 Å². The van der Waals surface area contributed by atoms with Crippen LogP contribution in [0.15, 0.2) is 42.5 Å². The summed E-state index contributed by atoms with van der Waals surface area (Å²) < 4.78 is 17.0. The second-order valence-corrected chi connectivity index (χ2v) is 5.60. The van der Waals surface area contributed by atoms with Crippen molar-refractivity contribution in [3.63, 3.8) is 0 Å². The molecule has 2 atom stereocenters. The van der Waals surface area contributed by atoms with Crippen molar-refractivity contribution in [2.45, 2.75) is 32.6 Å². The summed E-state index contributed by atoms with van der Waals surface area (Å²) in [6, 6.07) is 10.1. The molecule has 1 rings (SSSR count). The maximum Gasteiger partial charge on any atom is 0.205 e. The van der Waals surface area contributed by atoms with Crippen LogP contribution >= 0.6 is 9.12 Å². The molecule has 1 aromatic rings. The van der Waals surface area contributed by atoms with E-state index in [1.165, 1.54) is 5.56 Å². The SMILES string of the molecule is C=C(C)CC(=O)CC(CCc1ccccc1)COPF. The Morgan fingerprint density at radius 3 is 2.70 bits per heavy atom. The average Bonchev–Trinajstić information content (AvgIpc) is 2.42. The number of hydrogen-bond donors (Lipinski definition) is 0. The van der Waals surface area contributed by atoms with Gasteiger partial charge in [-0.25, -0.2) is 0 Å². The Kier molecular flexibility index (Phi) is 8.32. The fourth-order valence-electron chi connectivity index (χ4n) is 2.14. The molecule has 0 saturated heterocycles. The monoisotopic (exact) mass is 296 g/mol. The van der Waals surface area contributed by atoms with Crippen LogP contribution in [-0.2, 0) is 15.7 Å². The Bertz CT molecular complexity index is 420. The Morgan fingerprint density at radius 1 is 1.40 bits per heavy atom. The van der Waals surface area contributed by atoms with Gasteiger partial charge in [0.05, 0.1) is 6.61 Å². The van der Waals surface area contributed by atoms with E-state index in [0.29, 0.717) is 19.4 Å². The predicted molar refractivity (Wildman–Crippen MR) is 82.7 cm³/mol. The van der Waals surface area contributed by atoms with E-state index in [9.17, 15) is 8.99 Å². The third-order valence-corrected chi connectivity index (χ3v) is 3.35. The van der Waals surface area contributed by atoms with Crippen LogP contribution in [0.4, 0.5) is 4.20 Å². The minimum atomic E-state index is -1.01. The summed E-state index contributed by atoms with van der Waals surface area (Å²) >= 11 is 0. The second kappa shape index (κ2) is 9.79. The molecule has 0 saturated carbocycles. The minimum absolute atomic E-state index is 0.0744. The van der Waals surface area contributed by atoms with Gasteiger partial charge in [-0.15, -0.1) is 0 Å². The smallest absolute Gasteiger partial charge is 0.205 e. The van der Waals surface area contributed by atoms with E-state index in [0.717, 1.165) is 18.4 Å². The number of Topliss-reactive ketones (excluding diaryl/α,β-unsaturated/α-hetero) is 1. The summed E-state index contributed by atoms with van der Waals surface area (Å²) in [5.41, 5.74) is 2.10. The van der Waals surface area contributed by atoms with E-state index in [1.54, 1.807) is 0 Å². The number of carbonyl (C=O) groups is 1. The topological polar surface area (TPSA) is 26.3 Å². The lowest BCUT2D eigenvalue weighted by molar-refractivity contribution is -0.119. The van der Waals surface area contributed by atoms with Gasteiger partial charge in [0.15, 0.2) is 0 Å². The molecule has 0 amide bonds. The number of halogens is 1. The standard InChI is InChI=1S/C16H22FO2P/c1-13(2)10-16(18)11-15(12-19-20-17)9-8-14-6-4-3-5-7-14/h3-7,15,20H,1,8-12H2,2H3. The van der Waals surface area contributed by atoms with Crippen molar-refractivity contribution in [1.82, 2.24) is 0 Å². The Hall–Kier alpha value is -1.05. The summed E-state index contributed by atoms with van der Waals surface area (Å²) in [5, 5.41) is 0. The highest BCUT2D eigenvalue weighted by atomic mass is 31.1. The van der Waals surface area contributed by atoms with Gasteiger partial charge in [0.1, 0.15) is 5.78 Å². The van der Waals surface area contributed by atoms with Crippen LogP contribution in [-0.4, -0.2) is 12.4 Å². The van der Waals surface area contributed by atoms with E-state index in [2.05, 4.69) is 18.7 Å². The van der Waals surface area contributed by atoms with Crippen LogP contribution in [0.5, 0.6) is 0 Å². The molecule has 4 heteroatoms. The first-order valence-corrected chi connectivity index (χ1v) is 7.58. The molecule has 0 N–H and O–H groups in total. The molecule has 110 valence electrons. The molecule has 2 unspecified atom stereocenters. The second-order valence-electron chi connectivity index (χ2n) is 5.16. The zero-order valence-electron chi connectivity index (χ0n) is 11.9.